The van der Waals surface area contributed by atoms with Crippen molar-refractivity contribution in [3.63, 3.8) is 0 Å². The van der Waals surface area contributed by atoms with Crippen LogP contribution in [0.2, 0.25) is 0 Å². The summed E-state index contributed by atoms with van der Waals surface area (Å²) >= 11 is 0. The first-order valence-corrected chi connectivity index (χ1v) is 11.9. The molecule has 182 valence electrons. The molecule has 2 aromatic heterocycles. The number of carbonyl (C=O) groups excluding carboxylic acids is 1. The number of unbranched alkanes of at least 4 members (excludes halogenated alkanes) is 1. The Morgan fingerprint density at radius 3 is 2.72 bits per heavy atom. The molecule has 7 heteroatoms. The Labute approximate surface area is 210 Å². The lowest BCUT2D eigenvalue weighted by atomic mass is 10.0. The number of nitrogens with zero attached hydrogens (tertiary/aromatic N) is 3. The van der Waals surface area contributed by atoms with Gasteiger partial charge in [0.1, 0.15) is 28.8 Å². The first-order valence-electron chi connectivity index (χ1n) is 11.9. The Hall–Kier alpha value is -4.57. The highest BCUT2D eigenvalue weighted by Crippen LogP contribution is 2.30. The summed E-state index contributed by atoms with van der Waals surface area (Å²) < 4.78 is 12.9. The maximum absolute atomic E-state index is 12.7. The second-order valence-corrected chi connectivity index (χ2v) is 8.33. The Morgan fingerprint density at radius 1 is 1.19 bits per heavy atom. The fraction of sp³-hybridized carbons (Fsp3) is 0.207. The number of hydrogen-bond donors (Lipinski definition) is 1. The standard InChI is InChI=1S/C29H28N4O3/c1-3-4-14-36-27-13-12-22(16-21(27)2)28-24(20-33(32-28)25-9-6-5-7-10-25)17-23(18-30)29(34)31-19-26-11-8-15-35-26/h5-13,15-17,20H,3-4,14,19H2,1-2H3,(H,31,34)/b23-17-. The maximum Gasteiger partial charge on any atom is 0.262 e. The third-order valence-corrected chi connectivity index (χ3v) is 5.64. The van der Waals surface area contributed by atoms with Gasteiger partial charge in [0.25, 0.3) is 5.91 Å². The second-order valence-electron chi connectivity index (χ2n) is 8.33. The van der Waals surface area contributed by atoms with Crippen molar-refractivity contribution in [2.75, 3.05) is 6.61 Å². The highest BCUT2D eigenvalue weighted by atomic mass is 16.5. The van der Waals surface area contributed by atoms with Gasteiger partial charge in [-0.15, -0.1) is 0 Å². The van der Waals surface area contributed by atoms with Crippen LogP contribution < -0.4 is 10.1 Å². The molecule has 0 atom stereocenters. The molecule has 2 aromatic carbocycles. The molecule has 0 saturated heterocycles. The molecule has 0 radical (unpaired) electrons. The number of ether oxygens (including phenoxy) is 1. The smallest absolute Gasteiger partial charge is 0.262 e. The van der Waals surface area contributed by atoms with Gasteiger partial charge in [0.05, 0.1) is 25.1 Å². The van der Waals surface area contributed by atoms with Crippen LogP contribution in [0.3, 0.4) is 0 Å². The van der Waals surface area contributed by atoms with E-state index in [1.54, 1.807) is 22.9 Å². The van der Waals surface area contributed by atoms with Crippen LogP contribution in [-0.4, -0.2) is 22.3 Å². The van der Waals surface area contributed by atoms with Gasteiger partial charge < -0.3 is 14.5 Å². The molecule has 1 amide bonds. The fourth-order valence-electron chi connectivity index (χ4n) is 3.70. The van der Waals surface area contributed by atoms with Crippen molar-refractivity contribution in [3.05, 3.63) is 95.6 Å². The van der Waals surface area contributed by atoms with Crippen molar-refractivity contribution >= 4 is 12.0 Å². The Kier molecular flexibility index (Phi) is 7.99. The average molecular weight is 481 g/mol. The molecule has 0 unspecified atom stereocenters. The number of aromatic nitrogens is 2. The van der Waals surface area contributed by atoms with Crippen molar-refractivity contribution in [1.82, 2.24) is 15.1 Å². The highest BCUT2D eigenvalue weighted by molar-refractivity contribution is 6.02. The predicted octanol–water partition coefficient (Wildman–Crippen LogP) is 5.84. The summed E-state index contributed by atoms with van der Waals surface area (Å²) in [4.78, 5) is 12.7. The number of hydrogen-bond acceptors (Lipinski definition) is 5. The molecule has 1 N–H and O–H groups in total. The van der Waals surface area contributed by atoms with Crippen LogP contribution in [0.4, 0.5) is 0 Å². The molecule has 4 rings (SSSR count). The van der Waals surface area contributed by atoms with Gasteiger partial charge in [0, 0.05) is 17.3 Å². The molecule has 4 aromatic rings. The summed E-state index contributed by atoms with van der Waals surface area (Å²) in [5.74, 6) is 0.958. The Morgan fingerprint density at radius 2 is 2.03 bits per heavy atom. The SMILES string of the molecule is CCCCOc1ccc(-c2nn(-c3ccccc3)cc2/C=C(/C#N)C(=O)NCc2ccco2)cc1C. The number of furan rings is 1. The van der Waals surface area contributed by atoms with Gasteiger partial charge >= 0.3 is 0 Å². The van der Waals surface area contributed by atoms with E-state index in [4.69, 9.17) is 14.3 Å². The molecular formula is C29H28N4O3. The largest absolute Gasteiger partial charge is 0.493 e. The van der Waals surface area contributed by atoms with Crippen LogP contribution in [0.15, 0.2) is 83.1 Å². The molecule has 0 fully saturated rings. The Bertz CT molecular complexity index is 1380. The lowest BCUT2D eigenvalue weighted by Crippen LogP contribution is -2.23. The van der Waals surface area contributed by atoms with Crippen LogP contribution >= 0.6 is 0 Å². The van der Waals surface area contributed by atoms with Crippen LogP contribution in [0.5, 0.6) is 5.75 Å². The molecule has 36 heavy (non-hydrogen) atoms. The number of benzene rings is 2. The van der Waals surface area contributed by atoms with Crippen LogP contribution in [-0.2, 0) is 11.3 Å². The fourth-order valence-corrected chi connectivity index (χ4v) is 3.70. The van der Waals surface area contributed by atoms with Gasteiger partial charge in [0.15, 0.2) is 0 Å². The molecule has 0 saturated carbocycles. The summed E-state index contributed by atoms with van der Waals surface area (Å²) in [5, 5.41) is 17.3. The highest BCUT2D eigenvalue weighted by Gasteiger charge is 2.16. The topological polar surface area (TPSA) is 93.1 Å². The summed E-state index contributed by atoms with van der Waals surface area (Å²) in [6, 6.07) is 21.1. The minimum atomic E-state index is -0.483. The lowest BCUT2D eigenvalue weighted by molar-refractivity contribution is -0.117. The predicted molar refractivity (Wildman–Crippen MR) is 138 cm³/mol. The van der Waals surface area contributed by atoms with Crippen molar-refractivity contribution in [1.29, 1.82) is 5.26 Å². The van der Waals surface area contributed by atoms with E-state index < -0.39 is 5.91 Å². The van der Waals surface area contributed by atoms with E-state index in [-0.39, 0.29) is 12.1 Å². The molecular weight excluding hydrogens is 452 g/mol. The van der Waals surface area contributed by atoms with Gasteiger partial charge in [-0.05, 0) is 67.4 Å². The number of rotatable bonds is 10. The quantitative estimate of drug-likeness (QED) is 0.175. The van der Waals surface area contributed by atoms with E-state index in [9.17, 15) is 10.1 Å². The minimum absolute atomic E-state index is 0.0216. The third kappa shape index (κ3) is 5.91. The molecule has 0 spiro atoms. The number of aryl methyl sites for hydroxylation is 1. The zero-order valence-corrected chi connectivity index (χ0v) is 20.4. The molecule has 2 heterocycles. The molecule has 0 aliphatic heterocycles. The zero-order chi connectivity index (χ0) is 25.3. The summed E-state index contributed by atoms with van der Waals surface area (Å²) in [6.45, 7) is 4.99. The molecule has 7 nitrogen and oxygen atoms in total. The monoisotopic (exact) mass is 480 g/mol. The van der Waals surface area contributed by atoms with E-state index >= 15 is 0 Å². The molecule has 0 bridgehead atoms. The van der Waals surface area contributed by atoms with E-state index in [2.05, 4.69) is 12.2 Å². The van der Waals surface area contributed by atoms with Crippen molar-refractivity contribution < 1.29 is 13.9 Å². The van der Waals surface area contributed by atoms with Gasteiger partial charge in [0.2, 0.25) is 0 Å². The maximum atomic E-state index is 12.7. The first-order chi connectivity index (χ1) is 17.6. The molecule has 0 aliphatic rings. The van der Waals surface area contributed by atoms with Gasteiger partial charge in [-0.3, -0.25) is 4.79 Å². The van der Waals surface area contributed by atoms with Crippen molar-refractivity contribution in [2.24, 2.45) is 0 Å². The number of para-hydroxylation sites is 1. The van der Waals surface area contributed by atoms with E-state index in [0.717, 1.165) is 35.4 Å². The normalized spacial score (nSPS) is 11.2. The van der Waals surface area contributed by atoms with E-state index in [0.29, 0.717) is 23.6 Å². The van der Waals surface area contributed by atoms with Crippen LogP contribution in [0.1, 0.15) is 36.7 Å². The van der Waals surface area contributed by atoms with E-state index in [1.165, 1.54) is 6.26 Å². The van der Waals surface area contributed by atoms with Gasteiger partial charge in [-0.25, -0.2) is 4.68 Å². The Balaban J connectivity index is 1.68. The lowest BCUT2D eigenvalue weighted by Gasteiger charge is -2.10. The van der Waals surface area contributed by atoms with Crippen molar-refractivity contribution in [3.8, 4) is 28.8 Å². The zero-order valence-electron chi connectivity index (χ0n) is 20.4. The number of carbonyl (C=O) groups is 1. The summed E-state index contributed by atoms with van der Waals surface area (Å²) in [6.07, 6.45) is 6.99. The number of nitrogens with one attached hydrogen (secondary N) is 1. The summed E-state index contributed by atoms with van der Waals surface area (Å²) in [5.41, 5.74) is 4.02. The van der Waals surface area contributed by atoms with Crippen LogP contribution in [0, 0.1) is 18.3 Å². The molecule has 0 aliphatic carbocycles. The minimum Gasteiger partial charge on any atom is -0.493 e. The van der Waals surface area contributed by atoms with Gasteiger partial charge in [-0.1, -0.05) is 31.5 Å². The van der Waals surface area contributed by atoms with Crippen LogP contribution in [0.25, 0.3) is 23.0 Å². The second kappa shape index (κ2) is 11.7. The number of amides is 1. The van der Waals surface area contributed by atoms with Gasteiger partial charge in [-0.2, -0.15) is 10.4 Å². The number of nitriles is 1. The van der Waals surface area contributed by atoms with Crippen molar-refractivity contribution in [2.45, 2.75) is 33.2 Å². The third-order valence-electron chi connectivity index (χ3n) is 5.64. The average Bonchev–Trinajstić information content (AvgIpc) is 3.58. The van der Waals surface area contributed by atoms with E-state index in [1.807, 2.05) is 67.7 Å². The first kappa shape index (κ1) is 24.6. The summed E-state index contributed by atoms with van der Waals surface area (Å²) in [7, 11) is 0.